The summed E-state index contributed by atoms with van der Waals surface area (Å²) < 4.78 is 1.10. The number of aryl methyl sites for hydroxylation is 1. The Morgan fingerprint density at radius 2 is 1.95 bits per heavy atom. The summed E-state index contributed by atoms with van der Waals surface area (Å²) >= 11 is 3.51. The summed E-state index contributed by atoms with van der Waals surface area (Å²) in [4.78, 5) is 0. The largest absolute Gasteiger partial charge is 0.295 e. The Labute approximate surface area is 124 Å². The molecule has 3 heteroatoms. The second kappa shape index (κ2) is 7.07. The van der Waals surface area contributed by atoms with Gasteiger partial charge in [-0.1, -0.05) is 53.7 Å². The summed E-state index contributed by atoms with van der Waals surface area (Å²) in [6.07, 6.45) is 7.66. The fourth-order valence-electron chi connectivity index (χ4n) is 2.74. The van der Waals surface area contributed by atoms with Crippen LogP contribution >= 0.6 is 15.9 Å². The molecule has 2 rings (SSSR count). The van der Waals surface area contributed by atoms with Gasteiger partial charge in [-0.25, -0.2) is 0 Å². The highest BCUT2D eigenvalue weighted by Gasteiger charge is 2.18. The lowest BCUT2D eigenvalue weighted by Crippen LogP contribution is -2.31. The van der Waals surface area contributed by atoms with Crippen LogP contribution in [0, 0.1) is 18.3 Å². The van der Waals surface area contributed by atoms with Crippen LogP contribution < -0.4 is 5.32 Å². The monoisotopic (exact) mass is 320 g/mol. The maximum absolute atomic E-state index is 9.42. The third-order valence-electron chi connectivity index (χ3n) is 3.90. The molecule has 1 aromatic rings. The van der Waals surface area contributed by atoms with Crippen LogP contribution in [0.4, 0.5) is 0 Å². The van der Waals surface area contributed by atoms with Crippen molar-refractivity contribution in [1.29, 1.82) is 5.26 Å². The van der Waals surface area contributed by atoms with Crippen molar-refractivity contribution in [3.63, 3.8) is 0 Å². The maximum Gasteiger partial charge on any atom is 0.121 e. The van der Waals surface area contributed by atoms with Crippen LogP contribution in [0.15, 0.2) is 22.7 Å². The number of nitrogens with zero attached hydrogens (tertiary/aromatic N) is 1. The van der Waals surface area contributed by atoms with Gasteiger partial charge in [0.15, 0.2) is 0 Å². The lowest BCUT2D eigenvalue weighted by atomic mass is 10.0. The second-order valence-corrected chi connectivity index (χ2v) is 6.28. The van der Waals surface area contributed by atoms with E-state index in [0.717, 1.165) is 10.0 Å². The van der Waals surface area contributed by atoms with Gasteiger partial charge < -0.3 is 0 Å². The van der Waals surface area contributed by atoms with Gasteiger partial charge in [-0.3, -0.25) is 5.32 Å². The average molecular weight is 321 g/mol. The molecular weight excluding hydrogens is 300 g/mol. The molecule has 0 bridgehead atoms. The van der Waals surface area contributed by atoms with Crippen LogP contribution in [-0.4, -0.2) is 6.04 Å². The Morgan fingerprint density at radius 1 is 1.26 bits per heavy atom. The number of hydrogen-bond donors (Lipinski definition) is 1. The normalized spacial score (nSPS) is 18.6. The third kappa shape index (κ3) is 4.06. The van der Waals surface area contributed by atoms with E-state index >= 15 is 0 Å². The summed E-state index contributed by atoms with van der Waals surface area (Å²) in [7, 11) is 0. The summed E-state index contributed by atoms with van der Waals surface area (Å²) in [5.74, 6) is 0. The first-order valence-corrected chi connectivity index (χ1v) is 7.91. The van der Waals surface area contributed by atoms with Crippen LogP contribution in [-0.2, 0) is 0 Å². The van der Waals surface area contributed by atoms with E-state index in [4.69, 9.17) is 0 Å². The lowest BCUT2D eigenvalue weighted by molar-refractivity contribution is 0.436. The van der Waals surface area contributed by atoms with Crippen LogP contribution in [0.25, 0.3) is 0 Å². The summed E-state index contributed by atoms with van der Waals surface area (Å²) in [5.41, 5.74) is 2.26. The molecule has 1 aliphatic rings. The van der Waals surface area contributed by atoms with Crippen LogP contribution in [0.1, 0.15) is 55.7 Å². The Balaban J connectivity index is 2.06. The molecule has 0 radical (unpaired) electrons. The van der Waals surface area contributed by atoms with Gasteiger partial charge in [0.2, 0.25) is 0 Å². The van der Waals surface area contributed by atoms with Crippen molar-refractivity contribution in [1.82, 2.24) is 5.32 Å². The highest BCUT2D eigenvalue weighted by Crippen LogP contribution is 2.24. The van der Waals surface area contributed by atoms with Crippen molar-refractivity contribution < 1.29 is 0 Å². The molecule has 102 valence electrons. The molecule has 1 aromatic carbocycles. The second-order valence-electron chi connectivity index (χ2n) is 5.43. The molecular formula is C16H21BrN2. The summed E-state index contributed by atoms with van der Waals surface area (Å²) in [6.45, 7) is 2.06. The molecule has 0 heterocycles. The van der Waals surface area contributed by atoms with Gasteiger partial charge in [0.25, 0.3) is 0 Å². The first kappa shape index (κ1) is 14.6. The van der Waals surface area contributed by atoms with Crippen molar-refractivity contribution in [3.05, 3.63) is 33.8 Å². The molecule has 1 saturated carbocycles. The van der Waals surface area contributed by atoms with E-state index in [1.54, 1.807) is 0 Å². The zero-order valence-corrected chi connectivity index (χ0v) is 13.0. The Bertz CT molecular complexity index is 456. The number of halogens is 1. The van der Waals surface area contributed by atoms with E-state index < -0.39 is 0 Å². The maximum atomic E-state index is 9.42. The quantitative estimate of drug-likeness (QED) is 0.824. The summed E-state index contributed by atoms with van der Waals surface area (Å²) in [5, 5.41) is 12.9. The van der Waals surface area contributed by atoms with E-state index in [-0.39, 0.29) is 6.04 Å². The Hall–Kier alpha value is -0.850. The van der Waals surface area contributed by atoms with Gasteiger partial charge in [-0.05, 0) is 37.0 Å². The minimum absolute atomic E-state index is 0.185. The van der Waals surface area contributed by atoms with Crippen molar-refractivity contribution >= 4 is 15.9 Å². The Morgan fingerprint density at radius 3 is 2.53 bits per heavy atom. The smallest absolute Gasteiger partial charge is 0.121 e. The third-order valence-corrected chi connectivity index (χ3v) is 4.79. The molecule has 0 aliphatic heterocycles. The molecule has 1 unspecified atom stereocenters. The zero-order chi connectivity index (χ0) is 13.7. The molecule has 0 saturated heterocycles. The van der Waals surface area contributed by atoms with Gasteiger partial charge in [0.1, 0.15) is 6.04 Å². The molecule has 0 amide bonds. The highest BCUT2D eigenvalue weighted by atomic mass is 79.9. The van der Waals surface area contributed by atoms with Crippen molar-refractivity contribution in [2.45, 2.75) is 57.5 Å². The van der Waals surface area contributed by atoms with E-state index in [9.17, 15) is 5.26 Å². The average Bonchev–Trinajstić information content (AvgIpc) is 2.68. The molecule has 1 fully saturated rings. The van der Waals surface area contributed by atoms with Gasteiger partial charge in [-0.15, -0.1) is 0 Å². The number of rotatable bonds is 3. The molecule has 2 nitrogen and oxygen atoms in total. The van der Waals surface area contributed by atoms with Crippen molar-refractivity contribution in [2.75, 3.05) is 0 Å². The van der Waals surface area contributed by atoms with Crippen molar-refractivity contribution in [3.8, 4) is 6.07 Å². The van der Waals surface area contributed by atoms with Crippen LogP contribution in [0.3, 0.4) is 0 Å². The zero-order valence-electron chi connectivity index (χ0n) is 11.5. The van der Waals surface area contributed by atoms with E-state index in [2.05, 4.69) is 40.3 Å². The predicted octanol–water partition coefficient (Wildman–Crippen LogP) is 4.63. The minimum Gasteiger partial charge on any atom is -0.295 e. The topological polar surface area (TPSA) is 35.8 Å². The predicted molar refractivity (Wildman–Crippen MR) is 81.9 cm³/mol. The number of benzene rings is 1. The minimum atomic E-state index is -0.185. The van der Waals surface area contributed by atoms with Crippen LogP contribution in [0.2, 0.25) is 0 Å². The van der Waals surface area contributed by atoms with Gasteiger partial charge in [-0.2, -0.15) is 5.26 Å². The van der Waals surface area contributed by atoms with Gasteiger partial charge in [0.05, 0.1) is 6.07 Å². The molecule has 0 aromatic heterocycles. The first-order valence-electron chi connectivity index (χ1n) is 7.12. The Kier molecular flexibility index (Phi) is 5.42. The molecule has 0 spiro atoms. The summed E-state index contributed by atoms with van der Waals surface area (Å²) in [6, 6.07) is 8.88. The molecule has 19 heavy (non-hydrogen) atoms. The lowest BCUT2D eigenvalue weighted by Gasteiger charge is -2.21. The highest BCUT2D eigenvalue weighted by molar-refractivity contribution is 9.10. The van der Waals surface area contributed by atoms with E-state index in [0.29, 0.717) is 6.04 Å². The fraction of sp³-hybridized carbons (Fsp3) is 0.562. The van der Waals surface area contributed by atoms with E-state index in [1.807, 2.05) is 12.1 Å². The SMILES string of the molecule is Cc1cc(C(C#N)NC2CCCCCC2)ccc1Br. The van der Waals surface area contributed by atoms with Gasteiger partial charge >= 0.3 is 0 Å². The number of nitrogens with one attached hydrogen (secondary N) is 1. The van der Waals surface area contributed by atoms with E-state index in [1.165, 1.54) is 44.1 Å². The molecule has 1 N–H and O–H groups in total. The fourth-order valence-corrected chi connectivity index (χ4v) is 2.98. The van der Waals surface area contributed by atoms with Gasteiger partial charge in [0, 0.05) is 10.5 Å². The first-order chi connectivity index (χ1) is 9.20. The standard InChI is InChI=1S/C16H21BrN2/c1-12-10-13(8-9-15(12)17)16(11-18)19-14-6-4-2-3-5-7-14/h8-10,14,16,19H,2-7H2,1H3. The number of hydrogen-bond acceptors (Lipinski definition) is 2. The van der Waals surface area contributed by atoms with Crippen LogP contribution in [0.5, 0.6) is 0 Å². The van der Waals surface area contributed by atoms with Crippen molar-refractivity contribution in [2.24, 2.45) is 0 Å². The molecule has 1 atom stereocenters. The molecule has 1 aliphatic carbocycles. The number of nitriles is 1.